The first-order valence-electron chi connectivity index (χ1n) is 5.76. The van der Waals surface area contributed by atoms with Gasteiger partial charge in [-0.05, 0) is 67.3 Å². The zero-order chi connectivity index (χ0) is 13.7. The van der Waals surface area contributed by atoms with Crippen molar-refractivity contribution >= 4 is 43.5 Å². The number of aromatic nitrogens is 1. The summed E-state index contributed by atoms with van der Waals surface area (Å²) in [4.78, 5) is 3.99. The summed E-state index contributed by atoms with van der Waals surface area (Å²) in [5, 5.41) is 0. The number of hydrogen-bond acceptors (Lipinski definition) is 2. The van der Waals surface area contributed by atoms with E-state index in [1.165, 1.54) is 5.56 Å². The highest BCUT2D eigenvalue weighted by Crippen LogP contribution is 2.35. The topological polar surface area (TPSA) is 22.1 Å². The van der Waals surface area contributed by atoms with Crippen molar-refractivity contribution in [3.05, 3.63) is 56.7 Å². The molecule has 19 heavy (non-hydrogen) atoms. The smallest absolute Gasteiger partial charge is 0.147 e. The minimum atomic E-state index is 0.481. The molecule has 0 N–H and O–H groups in total. The van der Waals surface area contributed by atoms with E-state index in [2.05, 4.69) is 36.8 Å². The maximum absolute atomic E-state index is 5.82. The van der Waals surface area contributed by atoms with Crippen LogP contribution < -0.4 is 4.74 Å². The van der Waals surface area contributed by atoms with Gasteiger partial charge in [0, 0.05) is 24.7 Å². The van der Waals surface area contributed by atoms with Crippen molar-refractivity contribution in [2.75, 3.05) is 6.61 Å². The molecule has 0 unspecified atom stereocenters. The first kappa shape index (κ1) is 14.8. The summed E-state index contributed by atoms with van der Waals surface area (Å²) in [6, 6.07) is 7.92. The summed E-state index contributed by atoms with van der Waals surface area (Å²) in [5.74, 6) is 1.29. The summed E-state index contributed by atoms with van der Waals surface area (Å²) < 4.78 is 7.63. The van der Waals surface area contributed by atoms with Crippen LogP contribution in [0.4, 0.5) is 0 Å². The molecular weight excluding hydrogens is 393 g/mol. The summed E-state index contributed by atoms with van der Waals surface area (Å²) in [7, 11) is 0. The molecule has 0 radical (unpaired) electrons. The van der Waals surface area contributed by atoms with Crippen LogP contribution in [0, 0.1) is 0 Å². The van der Waals surface area contributed by atoms with Gasteiger partial charge in [-0.25, -0.2) is 0 Å². The van der Waals surface area contributed by atoms with Crippen molar-refractivity contribution in [2.45, 2.75) is 12.3 Å². The molecule has 0 amide bonds. The maximum Gasteiger partial charge on any atom is 0.147 e. The number of rotatable bonds is 5. The Morgan fingerprint density at radius 2 is 1.68 bits per heavy atom. The normalized spacial score (nSPS) is 10.5. The number of benzene rings is 1. The zero-order valence-corrected chi connectivity index (χ0v) is 14.0. The van der Waals surface area contributed by atoms with Crippen LogP contribution >= 0.6 is 43.5 Å². The fourth-order valence-electron chi connectivity index (χ4n) is 1.65. The van der Waals surface area contributed by atoms with Crippen LogP contribution in [0.1, 0.15) is 11.1 Å². The van der Waals surface area contributed by atoms with Crippen LogP contribution in [0.25, 0.3) is 0 Å². The molecule has 1 aromatic heterocycles. The molecule has 1 aromatic carbocycles. The molecule has 2 nitrogen and oxygen atoms in total. The van der Waals surface area contributed by atoms with Crippen LogP contribution in [-0.2, 0) is 12.3 Å². The fraction of sp³-hybridized carbons (Fsp3) is 0.214. The lowest BCUT2D eigenvalue weighted by Crippen LogP contribution is -2.02. The molecule has 1 heterocycles. The summed E-state index contributed by atoms with van der Waals surface area (Å²) >= 11 is 12.8. The number of halogens is 3. The van der Waals surface area contributed by atoms with Gasteiger partial charge in [0.05, 0.1) is 15.6 Å². The predicted molar refractivity (Wildman–Crippen MR) is 84.8 cm³/mol. The van der Waals surface area contributed by atoms with E-state index >= 15 is 0 Å². The Morgan fingerprint density at radius 1 is 1.05 bits per heavy atom. The second kappa shape index (κ2) is 7.27. The van der Waals surface area contributed by atoms with E-state index < -0.39 is 0 Å². The number of alkyl halides is 1. The van der Waals surface area contributed by atoms with Gasteiger partial charge in [0.2, 0.25) is 0 Å². The molecule has 0 spiro atoms. The Labute approximate surface area is 134 Å². The highest BCUT2D eigenvalue weighted by atomic mass is 79.9. The minimum absolute atomic E-state index is 0.481. The van der Waals surface area contributed by atoms with Gasteiger partial charge >= 0.3 is 0 Å². The van der Waals surface area contributed by atoms with Crippen molar-refractivity contribution in [2.24, 2.45) is 0 Å². The molecule has 0 saturated carbocycles. The molecule has 0 fully saturated rings. The molecule has 2 aromatic rings. The second-order valence-corrected chi connectivity index (χ2v) is 5.95. The van der Waals surface area contributed by atoms with E-state index in [0.29, 0.717) is 12.5 Å². The molecule has 5 heteroatoms. The SMILES string of the molecule is ClCc1cc(Br)c(OCCc2ccncc2)c(Br)c1. The molecule has 2 rings (SSSR count). The van der Waals surface area contributed by atoms with Crippen LogP contribution in [0.3, 0.4) is 0 Å². The van der Waals surface area contributed by atoms with E-state index in [4.69, 9.17) is 16.3 Å². The van der Waals surface area contributed by atoms with E-state index in [0.717, 1.165) is 26.7 Å². The summed E-state index contributed by atoms with van der Waals surface area (Å²) in [6.45, 7) is 0.613. The van der Waals surface area contributed by atoms with E-state index in [-0.39, 0.29) is 0 Å². The zero-order valence-electron chi connectivity index (χ0n) is 10.1. The van der Waals surface area contributed by atoms with E-state index in [1.54, 1.807) is 12.4 Å². The number of nitrogens with zero attached hydrogens (tertiary/aromatic N) is 1. The molecule has 100 valence electrons. The Balaban J connectivity index is 2.00. The van der Waals surface area contributed by atoms with Crippen molar-refractivity contribution in [1.82, 2.24) is 4.98 Å². The fourth-order valence-corrected chi connectivity index (χ4v) is 3.31. The van der Waals surface area contributed by atoms with Gasteiger partial charge in [-0.15, -0.1) is 11.6 Å². The van der Waals surface area contributed by atoms with Gasteiger partial charge in [-0.1, -0.05) is 0 Å². The van der Waals surface area contributed by atoms with Gasteiger partial charge in [-0.3, -0.25) is 4.98 Å². The predicted octanol–water partition coefficient (Wildman–Crippen LogP) is 4.97. The van der Waals surface area contributed by atoms with Crippen LogP contribution in [0.2, 0.25) is 0 Å². The van der Waals surface area contributed by atoms with Gasteiger partial charge in [0.1, 0.15) is 5.75 Å². The first-order valence-corrected chi connectivity index (χ1v) is 7.88. The largest absolute Gasteiger partial charge is 0.491 e. The van der Waals surface area contributed by atoms with Crippen molar-refractivity contribution in [3.63, 3.8) is 0 Å². The Hall–Kier alpha value is -0.580. The molecule has 0 aliphatic rings. The van der Waals surface area contributed by atoms with Gasteiger partial charge in [-0.2, -0.15) is 0 Å². The third-order valence-corrected chi connectivity index (χ3v) is 4.09. The monoisotopic (exact) mass is 403 g/mol. The first-order chi connectivity index (χ1) is 9.20. The van der Waals surface area contributed by atoms with Crippen LogP contribution in [0.5, 0.6) is 5.75 Å². The average Bonchev–Trinajstić information content (AvgIpc) is 2.42. The van der Waals surface area contributed by atoms with Crippen molar-refractivity contribution in [1.29, 1.82) is 0 Å². The summed E-state index contributed by atoms with van der Waals surface area (Å²) in [5.41, 5.74) is 2.25. The molecule has 0 atom stereocenters. The van der Waals surface area contributed by atoms with Crippen LogP contribution in [-0.4, -0.2) is 11.6 Å². The van der Waals surface area contributed by atoms with Gasteiger partial charge < -0.3 is 4.74 Å². The highest BCUT2D eigenvalue weighted by Gasteiger charge is 2.08. The molecule has 0 aliphatic carbocycles. The average molecular weight is 406 g/mol. The lowest BCUT2D eigenvalue weighted by Gasteiger charge is -2.11. The number of ether oxygens (including phenoxy) is 1. The standard InChI is InChI=1S/C14H12Br2ClNO/c15-12-7-11(9-17)8-13(16)14(12)19-6-3-10-1-4-18-5-2-10/h1-2,4-5,7-8H,3,6,9H2. The third kappa shape index (κ3) is 4.20. The highest BCUT2D eigenvalue weighted by molar-refractivity contribution is 9.11. The molecular formula is C14H12Br2ClNO. The van der Waals surface area contributed by atoms with Crippen LogP contribution in [0.15, 0.2) is 45.6 Å². The van der Waals surface area contributed by atoms with E-state index in [1.807, 2.05) is 24.3 Å². The lowest BCUT2D eigenvalue weighted by atomic mass is 10.2. The Bertz CT molecular complexity index is 525. The van der Waals surface area contributed by atoms with Gasteiger partial charge in [0.15, 0.2) is 0 Å². The quantitative estimate of drug-likeness (QED) is 0.656. The minimum Gasteiger partial charge on any atom is -0.491 e. The van der Waals surface area contributed by atoms with E-state index in [9.17, 15) is 0 Å². The van der Waals surface area contributed by atoms with Gasteiger partial charge in [0.25, 0.3) is 0 Å². The molecule has 0 bridgehead atoms. The Morgan fingerprint density at radius 3 is 2.26 bits per heavy atom. The second-order valence-electron chi connectivity index (χ2n) is 3.98. The van der Waals surface area contributed by atoms with Crippen molar-refractivity contribution < 1.29 is 4.74 Å². The molecule has 0 saturated heterocycles. The Kier molecular flexibility index (Phi) is 5.67. The third-order valence-electron chi connectivity index (χ3n) is 2.60. The number of pyridine rings is 1. The summed E-state index contributed by atoms with van der Waals surface area (Å²) in [6.07, 6.45) is 4.42. The molecule has 0 aliphatic heterocycles. The number of hydrogen-bond donors (Lipinski definition) is 0. The maximum atomic E-state index is 5.82. The van der Waals surface area contributed by atoms with Crippen molar-refractivity contribution in [3.8, 4) is 5.75 Å². The lowest BCUT2D eigenvalue weighted by molar-refractivity contribution is 0.318.